The molecule has 0 saturated heterocycles. The van der Waals surface area contributed by atoms with Gasteiger partial charge in [0.05, 0.1) is 23.3 Å². The van der Waals surface area contributed by atoms with E-state index in [0.717, 1.165) is 50.7 Å². The predicted molar refractivity (Wildman–Crippen MR) is 138 cm³/mol. The molecule has 0 unspecified atom stereocenters. The van der Waals surface area contributed by atoms with Crippen molar-refractivity contribution in [1.82, 2.24) is 0 Å². The normalized spacial score (nSPS) is 12.8. The van der Waals surface area contributed by atoms with Gasteiger partial charge in [-0.15, -0.1) is 11.3 Å². The van der Waals surface area contributed by atoms with Crippen LogP contribution in [0.15, 0.2) is 47.4 Å². The fraction of sp³-hybridized carbons (Fsp3) is 0.308. The summed E-state index contributed by atoms with van der Waals surface area (Å²) in [6.07, 6.45) is 2.55. The molecule has 0 bridgehead atoms. The number of benzene rings is 2. The molecule has 4 rings (SSSR count). The summed E-state index contributed by atoms with van der Waals surface area (Å²) in [7, 11) is -2.73. The van der Waals surface area contributed by atoms with E-state index in [2.05, 4.69) is 5.32 Å². The molecule has 0 spiro atoms. The summed E-state index contributed by atoms with van der Waals surface area (Å²) in [6.45, 7) is 5.16. The first kappa shape index (κ1) is 24.9. The van der Waals surface area contributed by atoms with Gasteiger partial charge >= 0.3 is 5.97 Å². The average Bonchev–Trinajstić information content (AvgIpc) is 3.40. The lowest BCUT2D eigenvalue weighted by Gasteiger charge is -2.26. The van der Waals surface area contributed by atoms with Crippen LogP contribution in [-0.2, 0) is 32.4 Å². The van der Waals surface area contributed by atoms with Crippen LogP contribution in [0.1, 0.15) is 43.9 Å². The summed E-state index contributed by atoms with van der Waals surface area (Å²) >= 11 is 1.35. The first-order chi connectivity index (χ1) is 16.6. The standard InChI is InChI=1S/C26H28N2O5S2/c1-16-11-13-19(14-12-16)35(31,32)28(21-9-5-7-17(2)18(21)3)15-23(29)27-25-24(26(30)33-4)20-8-6-10-22(20)34-25/h5,7,9,11-14H,6,8,10,15H2,1-4H3,(H,27,29). The van der Waals surface area contributed by atoms with Crippen molar-refractivity contribution >= 4 is 43.9 Å². The van der Waals surface area contributed by atoms with Crippen LogP contribution in [0.3, 0.4) is 0 Å². The Hall–Kier alpha value is -3.17. The first-order valence-corrected chi connectivity index (χ1v) is 13.6. The third-order valence-electron chi connectivity index (χ3n) is 6.30. The lowest BCUT2D eigenvalue weighted by molar-refractivity contribution is -0.114. The quantitative estimate of drug-likeness (QED) is 0.460. The first-order valence-electron chi connectivity index (χ1n) is 11.3. The van der Waals surface area contributed by atoms with Crippen molar-refractivity contribution in [3.8, 4) is 0 Å². The lowest BCUT2D eigenvalue weighted by Crippen LogP contribution is -2.38. The number of nitrogens with one attached hydrogen (secondary N) is 1. The maximum absolute atomic E-state index is 13.7. The smallest absolute Gasteiger partial charge is 0.341 e. The van der Waals surface area contributed by atoms with Crippen molar-refractivity contribution in [2.75, 3.05) is 23.3 Å². The highest BCUT2D eigenvalue weighted by molar-refractivity contribution is 7.92. The number of hydrogen-bond acceptors (Lipinski definition) is 6. The monoisotopic (exact) mass is 512 g/mol. The van der Waals surface area contributed by atoms with Crippen molar-refractivity contribution in [3.05, 3.63) is 75.2 Å². The zero-order valence-corrected chi connectivity index (χ0v) is 21.8. The fourth-order valence-electron chi connectivity index (χ4n) is 4.25. The third-order valence-corrected chi connectivity index (χ3v) is 9.29. The minimum absolute atomic E-state index is 0.0992. The van der Waals surface area contributed by atoms with Gasteiger partial charge < -0.3 is 10.1 Å². The molecule has 35 heavy (non-hydrogen) atoms. The molecule has 0 aliphatic heterocycles. The van der Waals surface area contributed by atoms with Crippen LogP contribution in [0, 0.1) is 20.8 Å². The molecule has 184 valence electrons. The number of sulfonamides is 1. The summed E-state index contributed by atoms with van der Waals surface area (Å²) in [5.74, 6) is -1.04. The van der Waals surface area contributed by atoms with E-state index in [9.17, 15) is 18.0 Å². The van der Waals surface area contributed by atoms with E-state index in [-0.39, 0.29) is 4.90 Å². The van der Waals surface area contributed by atoms with E-state index < -0.39 is 28.4 Å². The number of nitrogens with zero attached hydrogens (tertiary/aromatic N) is 1. The number of fused-ring (bicyclic) bond motifs is 1. The summed E-state index contributed by atoms with van der Waals surface area (Å²) in [6, 6.07) is 11.9. The van der Waals surface area contributed by atoms with Crippen LogP contribution in [0.2, 0.25) is 0 Å². The Morgan fingerprint density at radius 1 is 1.06 bits per heavy atom. The van der Waals surface area contributed by atoms with Gasteiger partial charge in [0.2, 0.25) is 5.91 Å². The van der Waals surface area contributed by atoms with E-state index >= 15 is 0 Å². The maximum atomic E-state index is 13.7. The number of anilines is 2. The van der Waals surface area contributed by atoms with Gasteiger partial charge in [-0.05, 0) is 74.9 Å². The Kier molecular flexibility index (Phi) is 7.00. The van der Waals surface area contributed by atoms with Crippen LogP contribution in [0.5, 0.6) is 0 Å². The van der Waals surface area contributed by atoms with Crippen LogP contribution in [-0.4, -0.2) is 33.9 Å². The van der Waals surface area contributed by atoms with E-state index in [0.29, 0.717) is 16.3 Å². The van der Waals surface area contributed by atoms with Gasteiger partial charge in [0.15, 0.2) is 0 Å². The predicted octanol–water partition coefficient (Wildman–Crippen LogP) is 4.78. The summed E-state index contributed by atoms with van der Waals surface area (Å²) in [4.78, 5) is 26.9. The van der Waals surface area contributed by atoms with Crippen LogP contribution in [0.4, 0.5) is 10.7 Å². The van der Waals surface area contributed by atoms with Gasteiger partial charge in [0, 0.05) is 4.88 Å². The number of thiophene rings is 1. The van der Waals surface area contributed by atoms with E-state index in [1.54, 1.807) is 36.4 Å². The Labute approximate surface area is 209 Å². The molecule has 9 heteroatoms. The molecule has 2 aromatic carbocycles. The Morgan fingerprint density at radius 2 is 1.77 bits per heavy atom. The fourth-order valence-corrected chi connectivity index (χ4v) is 7.02. The second-order valence-corrected chi connectivity index (χ2v) is 11.6. The van der Waals surface area contributed by atoms with Crippen molar-refractivity contribution in [3.63, 3.8) is 0 Å². The zero-order chi connectivity index (χ0) is 25.3. The van der Waals surface area contributed by atoms with E-state index in [1.165, 1.54) is 18.4 Å². The van der Waals surface area contributed by atoms with Gasteiger partial charge in [-0.25, -0.2) is 13.2 Å². The summed E-state index contributed by atoms with van der Waals surface area (Å²) in [5, 5.41) is 3.20. The van der Waals surface area contributed by atoms with E-state index in [1.807, 2.05) is 26.8 Å². The number of hydrogen-bond donors (Lipinski definition) is 1. The number of amides is 1. The van der Waals surface area contributed by atoms with Crippen molar-refractivity contribution in [2.24, 2.45) is 0 Å². The van der Waals surface area contributed by atoms with Gasteiger partial charge in [0.25, 0.3) is 10.0 Å². The minimum Gasteiger partial charge on any atom is -0.465 e. The number of carbonyl (C=O) groups excluding carboxylic acids is 2. The van der Waals surface area contributed by atoms with Crippen molar-refractivity contribution < 1.29 is 22.7 Å². The largest absolute Gasteiger partial charge is 0.465 e. The number of rotatable bonds is 7. The molecule has 0 radical (unpaired) electrons. The molecule has 0 fully saturated rings. The average molecular weight is 513 g/mol. The second kappa shape index (κ2) is 9.83. The molecule has 1 aliphatic carbocycles. The van der Waals surface area contributed by atoms with Gasteiger partial charge in [0.1, 0.15) is 11.5 Å². The van der Waals surface area contributed by atoms with Crippen LogP contribution < -0.4 is 9.62 Å². The number of esters is 1. The molecule has 0 saturated carbocycles. The van der Waals surface area contributed by atoms with Crippen molar-refractivity contribution in [1.29, 1.82) is 0 Å². The SMILES string of the molecule is COC(=O)c1c(NC(=O)CN(c2cccc(C)c2C)S(=O)(=O)c2ccc(C)cc2)sc2c1CCC2. The minimum atomic E-state index is -4.04. The molecule has 1 aliphatic rings. The van der Waals surface area contributed by atoms with Gasteiger partial charge in [-0.3, -0.25) is 9.10 Å². The Morgan fingerprint density at radius 3 is 2.46 bits per heavy atom. The van der Waals surface area contributed by atoms with Gasteiger partial charge in [-0.2, -0.15) is 0 Å². The molecule has 1 aromatic heterocycles. The van der Waals surface area contributed by atoms with Crippen LogP contribution in [0.25, 0.3) is 0 Å². The topological polar surface area (TPSA) is 92.8 Å². The third kappa shape index (κ3) is 4.83. The van der Waals surface area contributed by atoms with Crippen molar-refractivity contribution in [2.45, 2.75) is 44.9 Å². The van der Waals surface area contributed by atoms with Gasteiger partial charge in [-0.1, -0.05) is 29.8 Å². The Balaban J connectivity index is 1.71. The molecular formula is C26H28N2O5S2. The summed E-state index contributed by atoms with van der Waals surface area (Å²) in [5.41, 5.74) is 4.33. The zero-order valence-electron chi connectivity index (χ0n) is 20.2. The molecule has 1 N–H and O–H groups in total. The summed E-state index contributed by atoms with van der Waals surface area (Å²) < 4.78 is 33.5. The van der Waals surface area contributed by atoms with Crippen LogP contribution >= 0.6 is 11.3 Å². The number of methoxy groups -OCH3 is 1. The highest BCUT2D eigenvalue weighted by atomic mass is 32.2. The highest BCUT2D eigenvalue weighted by Gasteiger charge is 2.31. The molecule has 1 amide bonds. The lowest BCUT2D eigenvalue weighted by atomic mass is 10.1. The molecule has 1 heterocycles. The maximum Gasteiger partial charge on any atom is 0.341 e. The highest BCUT2D eigenvalue weighted by Crippen LogP contribution is 2.39. The number of aryl methyl sites for hydroxylation is 3. The molecule has 0 atom stereocenters. The molecule has 3 aromatic rings. The Bertz CT molecular complexity index is 1390. The van der Waals surface area contributed by atoms with E-state index in [4.69, 9.17) is 4.74 Å². The number of carbonyl (C=O) groups is 2. The second-order valence-electron chi connectivity index (χ2n) is 8.64. The molecular weight excluding hydrogens is 484 g/mol. The number of ether oxygens (including phenoxy) is 1. The molecule has 7 nitrogen and oxygen atoms in total.